The predicted octanol–water partition coefficient (Wildman–Crippen LogP) is 5.31. The highest BCUT2D eigenvalue weighted by Crippen LogP contribution is 2.39. The number of guanidine groups is 1. The van der Waals surface area contributed by atoms with Gasteiger partial charge in [0.15, 0.2) is 5.96 Å². The number of alkyl halides is 3. The molecule has 1 saturated heterocycles. The Morgan fingerprint density at radius 2 is 1.91 bits per heavy atom. The molecular formula is C23H33ClF3N5O3. The van der Waals surface area contributed by atoms with Gasteiger partial charge in [0.2, 0.25) is 5.82 Å². The Bertz CT molecular complexity index is 957. The van der Waals surface area contributed by atoms with Gasteiger partial charge in [0, 0.05) is 12.1 Å². The van der Waals surface area contributed by atoms with Crippen LogP contribution < -0.4 is 10.5 Å². The molecule has 35 heavy (non-hydrogen) atoms. The van der Waals surface area contributed by atoms with Gasteiger partial charge in [0.05, 0.1) is 18.3 Å². The van der Waals surface area contributed by atoms with E-state index in [4.69, 9.17) is 20.4 Å². The van der Waals surface area contributed by atoms with Crippen LogP contribution in [0.5, 0.6) is 5.75 Å². The maximum absolute atomic E-state index is 13.7. The number of hydrogen-bond acceptors (Lipinski definition) is 6. The lowest BCUT2D eigenvalue weighted by Crippen LogP contribution is -2.37. The second kappa shape index (κ2) is 13.0. The van der Waals surface area contributed by atoms with Crippen molar-refractivity contribution in [2.45, 2.75) is 76.6 Å². The zero-order chi connectivity index (χ0) is 24.7. The summed E-state index contributed by atoms with van der Waals surface area (Å²) in [6.07, 6.45) is 2.19. The van der Waals surface area contributed by atoms with Crippen LogP contribution >= 0.6 is 12.4 Å². The molecule has 4 N–H and O–H groups in total. The van der Waals surface area contributed by atoms with Crippen molar-refractivity contribution in [3.63, 3.8) is 0 Å². The van der Waals surface area contributed by atoms with E-state index in [1.165, 1.54) is 36.3 Å². The van der Waals surface area contributed by atoms with Gasteiger partial charge in [-0.05, 0) is 31.0 Å². The van der Waals surface area contributed by atoms with Crippen molar-refractivity contribution in [1.29, 1.82) is 5.41 Å². The van der Waals surface area contributed by atoms with Gasteiger partial charge in [-0.15, -0.1) is 12.4 Å². The van der Waals surface area contributed by atoms with Gasteiger partial charge in [-0.2, -0.15) is 18.2 Å². The highest BCUT2D eigenvalue weighted by atomic mass is 35.5. The Morgan fingerprint density at radius 1 is 1.23 bits per heavy atom. The van der Waals surface area contributed by atoms with E-state index in [0.717, 1.165) is 25.3 Å². The van der Waals surface area contributed by atoms with Gasteiger partial charge in [-0.3, -0.25) is 5.41 Å². The number of aliphatic hydroxyl groups excluding tert-OH is 1. The topological polar surface area (TPSA) is 121 Å². The van der Waals surface area contributed by atoms with E-state index in [1.54, 1.807) is 0 Å². The monoisotopic (exact) mass is 519 g/mol. The quantitative estimate of drug-likeness (QED) is 0.209. The molecule has 0 spiro atoms. The number of hydrogen-bond donors (Lipinski definition) is 3. The third-order valence-electron chi connectivity index (χ3n) is 5.92. The maximum Gasteiger partial charge on any atom is 0.419 e. The zero-order valence-corrected chi connectivity index (χ0v) is 20.5. The number of benzene rings is 1. The number of halogens is 4. The summed E-state index contributed by atoms with van der Waals surface area (Å²) in [5.41, 5.74) is 4.74. The fourth-order valence-corrected chi connectivity index (χ4v) is 4.07. The number of nitrogens with zero attached hydrogens (tertiary/aromatic N) is 3. The highest BCUT2D eigenvalue weighted by Gasteiger charge is 2.39. The van der Waals surface area contributed by atoms with Crippen LogP contribution in [-0.2, 0) is 6.18 Å². The minimum Gasteiger partial charge on any atom is -0.493 e. The van der Waals surface area contributed by atoms with Crippen LogP contribution in [0.4, 0.5) is 13.2 Å². The van der Waals surface area contributed by atoms with Crippen molar-refractivity contribution in [2.24, 2.45) is 5.73 Å². The lowest BCUT2D eigenvalue weighted by Gasteiger charge is -2.22. The molecule has 0 unspecified atom stereocenters. The highest BCUT2D eigenvalue weighted by molar-refractivity contribution is 5.85. The van der Waals surface area contributed by atoms with Crippen LogP contribution in [0.3, 0.4) is 0 Å². The van der Waals surface area contributed by atoms with E-state index in [2.05, 4.69) is 17.1 Å². The summed E-state index contributed by atoms with van der Waals surface area (Å²) in [6.45, 7) is 2.70. The summed E-state index contributed by atoms with van der Waals surface area (Å²) in [6, 6.07) is 2.83. The van der Waals surface area contributed by atoms with E-state index >= 15 is 0 Å². The molecule has 2 heterocycles. The molecule has 0 radical (unpaired) electrons. The minimum atomic E-state index is -4.62. The average molecular weight is 520 g/mol. The number of nitrogens with one attached hydrogen (secondary N) is 1. The second-order valence-electron chi connectivity index (χ2n) is 8.51. The molecule has 2 aromatic rings. The van der Waals surface area contributed by atoms with Crippen LogP contribution in [0.25, 0.3) is 11.4 Å². The standard InChI is InChI=1S/C23H32F3N5O3.ClH/c1-2-3-4-5-6-7-8-13-33-18-10-9-15(14-16(18)23(24,25)26)20-29-21(34-30-20)19-17(32)11-12-31(19)22(27)28;/h9-10,14,17,19,32H,2-8,11-13H2,1H3,(H3,27,28);1H/t17-,19-;/m0./s1. The second-order valence-corrected chi connectivity index (χ2v) is 8.51. The molecule has 2 atom stereocenters. The molecule has 1 aliphatic rings. The third kappa shape index (κ3) is 7.47. The van der Waals surface area contributed by atoms with Crippen LogP contribution in [0.1, 0.15) is 75.8 Å². The number of nitrogens with two attached hydrogens (primary N) is 1. The first kappa shape index (κ1) is 28.7. The van der Waals surface area contributed by atoms with Gasteiger partial charge in [0.1, 0.15) is 11.8 Å². The Hall–Kier alpha value is -2.53. The van der Waals surface area contributed by atoms with E-state index in [9.17, 15) is 18.3 Å². The normalized spacial score (nSPS) is 17.9. The summed E-state index contributed by atoms with van der Waals surface area (Å²) in [4.78, 5) is 5.58. The van der Waals surface area contributed by atoms with Gasteiger partial charge < -0.3 is 25.0 Å². The Morgan fingerprint density at radius 3 is 2.57 bits per heavy atom. The first-order valence-corrected chi connectivity index (χ1v) is 11.7. The summed E-state index contributed by atoms with van der Waals surface area (Å²) in [5, 5.41) is 21.6. The zero-order valence-electron chi connectivity index (χ0n) is 19.7. The van der Waals surface area contributed by atoms with E-state index in [1.807, 2.05) is 0 Å². The fourth-order valence-electron chi connectivity index (χ4n) is 4.07. The minimum absolute atomic E-state index is 0. The molecule has 1 fully saturated rings. The average Bonchev–Trinajstić information content (AvgIpc) is 3.41. The summed E-state index contributed by atoms with van der Waals surface area (Å²) in [5.74, 6) is -0.562. The summed E-state index contributed by atoms with van der Waals surface area (Å²) < 4.78 is 51.8. The Kier molecular flexibility index (Phi) is 10.6. The van der Waals surface area contributed by atoms with Crippen LogP contribution in [0.15, 0.2) is 22.7 Å². The van der Waals surface area contributed by atoms with Crippen molar-refractivity contribution >= 4 is 18.4 Å². The smallest absolute Gasteiger partial charge is 0.419 e. The van der Waals surface area contributed by atoms with Gasteiger partial charge in [-0.25, -0.2) is 0 Å². The molecule has 12 heteroatoms. The lowest BCUT2D eigenvalue weighted by atomic mass is 10.1. The molecule has 0 saturated carbocycles. The molecule has 1 aromatic carbocycles. The molecule has 8 nitrogen and oxygen atoms in total. The van der Waals surface area contributed by atoms with E-state index in [0.29, 0.717) is 19.4 Å². The number of unbranched alkanes of at least 4 members (excludes halogenated alkanes) is 6. The van der Waals surface area contributed by atoms with Crippen molar-refractivity contribution in [3.05, 3.63) is 29.7 Å². The molecule has 3 rings (SSSR count). The summed E-state index contributed by atoms with van der Waals surface area (Å²) in [7, 11) is 0. The number of aromatic nitrogens is 2. The molecule has 0 aliphatic carbocycles. The summed E-state index contributed by atoms with van der Waals surface area (Å²) >= 11 is 0. The number of likely N-dealkylation sites (tertiary alicyclic amines) is 1. The third-order valence-corrected chi connectivity index (χ3v) is 5.92. The van der Waals surface area contributed by atoms with Crippen molar-refractivity contribution < 1.29 is 27.5 Å². The Labute approximate surface area is 208 Å². The number of aliphatic hydroxyl groups is 1. The van der Waals surface area contributed by atoms with Gasteiger partial charge in [-0.1, -0.05) is 50.6 Å². The van der Waals surface area contributed by atoms with Crippen molar-refractivity contribution in [3.8, 4) is 17.1 Å². The lowest BCUT2D eigenvalue weighted by molar-refractivity contribution is -0.138. The van der Waals surface area contributed by atoms with E-state index in [-0.39, 0.29) is 48.0 Å². The van der Waals surface area contributed by atoms with Crippen LogP contribution in [0, 0.1) is 5.41 Å². The molecule has 1 aliphatic heterocycles. The fraction of sp³-hybridized carbons (Fsp3) is 0.609. The van der Waals surface area contributed by atoms with Crippen LogP contribution in [-0.4, -0.2) is 45.4 Å². The number of rotatable bonds is 11. The van der Waals surface area contributed by atoms with Crippen molar-refractivity contribution in [2.75, 3.05) is 13.2 Å². The van der Waals surface area contributed by atoms with Crippen molar-refractivity contribution in [1.82, 2.24) is 15.0 Å². The molecule has 1 aromatic heterocycles. The first-order chi connectivity index (χ1) is 16.2. The SMILES string of the molecule is CCCCCCCCCOc1ccc(-c2noc([C@@H]3[C@@H](O)CCN3C(=N)N)n2)cc1C(F)(F)F.Cl. The number of ether oxygens (including phenoxy) is 1. The molecule has 0 amide bonds. The molecule has 0 bridgehead atoms. The first-order valence-electron chi connectivity index (χ1n) is 11.7. The molecule has 196 valence electrons. The van der Waals surface area contributed by atoms with Gasteiger partial charge >= 0.3 is 6.18 Å². The molecular weight excluding hydrogens is 487 g/mol. The van der Waals surface area contributed by atoms with E-state index < -0.39 is 23.9 Å². The predicted molar refractivity (Wildman–Crippen MR) is 127 cm³/mol. The largest absolute Gasteiger partial charge is 0.493 e. The Balaban J connectivity index is 0.00000432. The van der Waals surface area contributed by atoms with Crippen LogP contribution in [0.2, 0.25) is 0 Å². The maximum atomic E-state index is 13.7. The van der Waals surface area contributed by atoms with Gasteiger partial charge in [0.25, 0.3) is 5.89 Å².